The molecule has 17 heavy (non-hydrogen) atoms. The summed E-state index contributed by atoms with van der Waals surface area (Å²) >= 11 is 2.39. The molecule has 2 atom stereocenters. The Morgan fingerprint density at radius 3 is 2.76 bits per heavy atom. The second-order valence-corrected chi connectivity index (χ2v) is 5.50. The van der Waals surface area contributed by atoms with Crippen LogP contribution in [0.5, 0.6) is 0 Å². The van der Waals surface area contributed by atoms with Gasteiger partial charge in [-0.3, -0.25) is 0 Å². The molecule has 0 saturated carbocycles. The largest absolute Gasteiger partial charge is 0.381 e. The molecule has 94 valence electrons. The molecule has 1 aromatic rings. The number of rotatable bonds is 5. The summed E-state index contributed by atoms with van der Waals surface area (Å²) < 4.78 is 12.4. The first-order valence-corrected chi connectivity index (χ1v) is 7.64. The maximum absolute atomic E-state index is 6.01. The van der Waals surface area contributed by atoms with E-state index < -0.39 is 0 Å². The van der Waals surface area contributed by atoms with E-state index in [1.165, 1.54) is 11.1 Å². The lowest BCUT2D eigenvalue weighted by Gasteiger charge is -2.18. The van der Waals surface area contributed by atoms with Gasteiger partial charge >= 0.3 is 0 Å². The summed E-state index contributed by atoms with van der Waals surface area (Å²) in [6.45, 7) is 4.69. The third-order valence-corrected chi connectivity index (χ3v) is 3.95. The molecule has 0 spiro atoms. The highest BCUT2D eigenvalue weighted by Gasteiger charge is 2.18. The molecular formula is C14H19IO2. The number of hydrogen-bond donors (Lipinski definition) is 0. The average Bonchev–Trinajstić information content (AvgIpc) is 2.85. The van der Waals surface area contributed by atoms with Gasteiger partial charge in [0, 0.05) is 17.0 Å². The summed E-state index contributed by atoms with van der Waals surface area (Å²) in [5, 5.41) is 0. The van der Waals surface area contributed by atoms with E-state index in [0.29, 0.717) is 5.92 Å². The van der Waals surface area contributed by atoms with Crippen molar-refractivity contribution in [3.05, 3.63) is 35.4 Å². The molecule has 2 unspecified atom stereocenters. The smallest absolute Gasteiger partial charge is 0.0914 e. The minimum atomic E-state index is 0.219. The van der Waals surface area contributed by atoms with Gasteiger partial charge in [-0.1, -0.05) is 52.4 Å². The monoisotopic (exact) mass is 346 g/mol. The molecule has 1 aliphatic heterocycles. The molecule has 1 aromatic carbocycles. The standard InChI is InChI=1S/C14H19IO2/c1-11-2-4-13(5-3-11)14(8-15)17-10-12-6-7-16-9-12/h2-5,12,14H,6-10H2,1H3. The zero-order valence-electron chi connectivity index (χ0n) is 10.2. The van der Waals surface area contributed by atoms with E-state index in [1.54, 1.807) is 0 Å². The predicted octanol–water partition coefficient (Wildman–Crippen LogP) is 3.52. The number of hydrogen-bond acceptors (Lipinski definition) is 2. The summed E-state index contributed by atoms with van der Waals surface area (Å²) in [6, 6.07) is 8.64. The van der Waals surface area contributed by atoms with E-state index in [1.807, 2.05) is 0 Å². The molecule has 1 aliphatic rings. The van der Waals surface area contributed by atoms with Crippen LogP contribution in [-0.2, 0) is 9.47 Å². The van der Waals surface area contributed by atoms with Gasteiger partial charge in [-0.25, -0.2) is 0 Å². The van der Waals surface area contributed by atoms with Crippen LogP contribution in [0.4, 0.5) is 0 Å². The number of alkyl halides is 1. The van der Waals surface area contributed by atoms with Gasteiger partial charge in [0.1, 0.15) is 0 Å². The molecule has 1 saturated heterocycles. The molecule has 2 rings (SSSR count). The van der Waals surface area contributed by atoms with Crippen LogP contribution in [0.2, 0.25) is 0 Å². The summed E-state index contributed by atoms with van der Waals surface area (Å²) in [4.78, 5) is 0. The first-order chi connectivity index (χ1) is 8.29. The molecule has 0 bridgehead atoms. The summed E-state index contributed by atoms with van der Waals surface area (Å²) in [5.74, 6) is 0.589. The first kappa shape index (κ1) is 13.3. The van der Waals surface area contributed by atoms with Crippen LogP contribution in [0.25, 0.3) is 0 Å². The van der Waals surface area contributed by atoms with Crippen molar-refractivity contribution in [3.63, 3.8) is 0 Å². The van der Waals surface area contributed by atoms with Crippen LogP contribution in [0, 0.1) is 12.8 Å². The SMILES string of the molecule is Cc1ccc(C(CI)OCC2CCOC2)cc1. The Labute approximate surface area is 117 Å². The molecule has 2 nitrogen and oxygen atoms in total. The van der Waals surface area contributed by atoms with Gasteiger partial charge in [0.15, 0.2) is 0 Å². The minimum absolute atomic E-state index is 0.219. The number of ether oxygens (including phenoxy) is 2. The van der Waals surface area contributed by atoms with Gasteiger partial charge < -0.3 is 9.47 Å². The normalized spacial score (nSPS) is 21.6. The highest BCUT2D eigenvalue weighted by atomic mass is 127. The van der Waals surface area contributed by atoms with E-state index in [2.05, 4.69) is 53.8 Å². The number of aryl methyl sites for hydroxylation is 1. The Balaban J connectivity index is 1.89. The predicted molar refractivity (Wildman–Crippen MR) is 77.7 cm³/mol. The molecule has 0 N–H and O–H groups in total. The summed E-state index contributed by atoms with van der Waals surface area (Å²) in [6.07, 6.45) is 1.36. The zero-order valence-corrected chi connectivity index (χ0v) is 12.4. The van der Waals surface area contributed by atoms with Crippen molar-refractivity contribution in [3.8, 4) is 0 Å². The quantitative estimate of drug-likeness (QED) is 0.600. The van der Waals surface area contributed by atoms with Crippen LogP contribution >= 0.6 is 22.6 Å². The highest BCUT2D eigenvalue weighted by Crippen LogP contribution is 2.23. The van der Waals surface area contributed by atoms with Crippen molar-refractivity contribution >= 4 is 22.6 Å². The number of benzene rings is 1. The second-order valence-electron chi connectivity index (χ2n) is 4.62. The average molecular weight is 346 g/mol. The topological polar surface area (TPSA) is 18.5 Å². The van der Waals surface area contributed by atoms with Crippen molar-refractivity contribution < 1.29 is 9.47 Å². The van der Waals surface area contributed by atoms with Gasteiger partial charge in [-0.05, 0) is 18.9 Å². The molecule has 1 heterocycles. The molecular weight excluding hydrogens is 327 g/mol. The van der Waals surface area contributed by atoms with Crippen LogP contribution in [0.3, 0.4) is 0 Å². The minimum Gasteiger partial charge on any atom is -0.381 e. The van der Waals surface area contributed by atoms with Gasteiger partial charge in [0.2, 0.25) is 0 Å². The van der Waals surface area contributed by atoms with E-state index in [-0.39, 0.29) is 6.10 Å². The van der Waals surface area contributed by atoms with Crippen LogP contribution < -0.4 is 0 Å². The lowest BCUT2D eigenvalue weighted by molar-refractivity contribution is 0.0402. The third-order valence-electron chi connectivity index (χ3n) is 3.15. The van der Waals surface area contributed by atoms with E-state index >= 15 is 0 Å². The summed E-state index contributed by atoms with van der Waals surface area (Å²) in [5.41, 5.74) is 2.58. The molecule has 1 fully saturated rings. The maximum Gasteiger partial charge on any atom is 0.0914 e. The van der Waals surface area contributed by atoms with Crippen molar-refractivity contribution in [2.45, 2.75) is 19.4 Å². The first-order valence-electron chi connectivity index (χ1n) is 6.11. The van der Waals surface area contributed by atoms with Crippen molar-refractivity contribution in [2.75, 3.05) is 24.2 Å². The highest BCUT2D eigenvalue weighted by molar-refractivity contribution is 14.1. The lowest BCUT2D eigenvalue weighted by atomic mass is 10.1. The summed E-state index contributed by atoms with van der Waals surface area (Å²) in [7, 11) is 0. The van der Waals surface area contributed by atoms with E-state index in [0.717, 1.165) is 30.7 Å². The third kappa shape index (κ3) is 3.93. The Morgan fingerprint density at radius 2 is 2.18 bits per heavy atom. The van der Waals surface area contributed by atoms with Crippen molar-refractivity contribution in [1.82, 2.24) is 0 Å². The zero-order chi connectivity index (χ0) is 12.1. The fourth-order valence-electron chi connectivity index (χ4n) is 1.98. The van der Waals surface area contributed by atoms with Crippen molar-refractivity contribution in [1.29, 1.82) is 0 Å². The van der Waals surface area contributed by atoms with Gasteiger partial charge in [-0.2, -0.15) is 0 Å². The fraction of sp³-hybridized carbons (Fsp3) is 0.571. The van der Waals surface area contributed by atoms with Crippen LogP contribution in [-0.4, -0.2) is 24.2 Å². The second kappa shape index (κ2) is 6.71. The van der Waals surface area contributed by atoms with E-state index in [4.69, 9.17) is 9.47 Å². The Bertz CT molecular complexity index is 331. The molecule has 0 radical (unpaired) electrons. The fourth-order valence-corrected chi connectivity index (χ4v) is 2.74. The van der Waals surface area contributed by atoms with Gasteiger partial charge in [0.05, 0.1) is 19.3 Å². The number of halogens is 1. The molecule has 0 amide bonds. The van der Waals surface area contributed by atoms with Gasteiger partial charge in [0.25, 0.3) is 0 Å². The van der Waals surface area contributed by atoms with Crippen LogP contribution in [0.1, 0.15) is 23.7 Å². The van der Waals surface area contributed by atoms with Crippen molar-refractivity contribution in [2.24, 2.45) is 5.92 Å². The molecule has 0 aromatic heterocycles. The Kier molecular flexibility index (Phi) is 5.25. The Hall–Kier alpha value is -0.130. The van der Waals surface area contributed by atoms with Gasteiger partial charge in [-0.15, -0.1) is 0 Å². The van der Waals surface area contributed by atoms with Crippen LogP contribution in [0.15, 0.2) is 24.3 Å². The Morgan fingerprint density at radius 1 is 1.41 bits per heavy atom. The molecule has 0 aliphatic carbocycles. The molecule has 3 heteroatoms. The maximum atomic E-state index is 6.01. The van der Waals surface area contributed by atoms with E-state index in [9.17, 15) is 0 Å². The lowest BCUT2D eigenvalue weighted by Crippen LogP contribution is -2.14.